The molecule has 0 fully saturated rings. The fraction of sp³-hybridized carbons (Fsp3) is 0.200. The Bertz CT molecular complexity index is 1240. The summed E-state index contributed by atoms with van der Waals surface area (Å²) >= 11 is 1.26. The van der Waals surface area contributed by atoms with Gasteiger partial charge >= 0.3 is 0 Å². The van der Waals surface area contributed by atoms with Crippen molar-refractivity contribution in [3.8, 4) is 5.69 Å². The van der Waals surface area contributed by atoms with Gasteiger partial charge in [0.15, 0.2) is 5.84 Å². The summed E-state index contributed by atoms with van der Waals surface area (Å²) in [7, 11) is 0. The molecule has 10 heteroatoms. The minimum Gasteiger partial charge on any atom is -0.317 e. The maximum atomic E-state index is 12.5. The molecule has 152 valence electrons. The van der Waals surface area contributed by atoms with Crippen LogP contribution in [0, 0.1) is 36.3 Å². The number of benzene rings is 1. The first-order valence-corrected chi connectivity index (χ1v) is 9.90. The molecule has 30 heavy (non-hydrogen) atoms. The molecular formula is C20H18N6O3S. The van der Waals surface area contributed by atoms with Gasteiger partial charge in [-0.3, -0.25) is 20.3 Å². The summed E-state index contributed by atoms with van der Waals surface area (Å²) in [5.74, 6) is -0.509. The molecule has 1 aromatic carbocycles. The van der Waals surface area contributed by atoms with Gasteiger partial charge in [0, 0.05) is 23.5 Å². The molecule has 0 atom stereocenters. The first-order chi connectivity index (χ1) is 14.2. The number of fused-ring (bicyclic) bond motifs is 1. The minimum atomic E-state index is -0.486. The minimum absolute atomic E-state index is 0.00821. The molecule has 2 aromatic rings. The van der Waals surface area contributed by atoms with Gasteiger partial charge in [0.2, 0.25) is 5.17 Å². The number of non-ortho nitro benzene ring substituents is 1. The highest BCUT2D eigenvalue weighted by molar-refractivity contribution is 8.26. The Morgan fingerprint density at radius 2 is 1.93 bits per heavy atom. The Labute approximate surface area is 176 Å². The first-order valence-electron chi connectivity index (χ1n) is 9.08. The number of rotatable bonds is 3. The summed E-state index contributed by atoms with van der Waals surface area (Å²) < 4.78 is 1.91. The number of aryl methyl sites for hydroxylation is 2. The summed E-state index contributed by atoms with van der Waals surface area (Å²) in [6.45, 7) is 7.44. The lowest BCUT2D eigenvalue weighted by Crippen LogP contribution is -2.35. The Morgan fingerprint density at radius 1 is 1.20 bits per heavy atom. The second kappa shape index (κ2) is 7.06. The second-order valence-corrected chi connectivity index (χ2v) is 8.19. The Kier molecular flexibility index (Phi) is 4.65. The molecule has 9 nitrogen and oxygen atoms in total. The van der Waals surface area contributed by atoms with Crippen molar-refractivity contribution < 1.29 is 9.72 Å². The van der Waals surface area contributed by atoms with Gasteiger partial charge in [-0.1, -0.05) is 6.07 Å². The van der Waals surface area contributed by atoms with Crippen LogP contribution in [0.15, 0.2) is 39.9 Å². The SMILES string of the molecule is CC1=NN2C(=N)/C(=C/c3cc(C)n(-c4cc([N+](=O)[O-])ccc4C)c3C)C(=O)N=C2S1. The third kappa shape index (κ3) is 3.14. The maximum absolute atomic E-state index is 12.5. The molecule has 0 unspecified atom stereocenters. The van der Waals surface area contributed by atoms with Crippen LogP contribution in [-0.4, -0.2) is 36.5 Å². The van der Waals surface area contributed by atoms with Crippen molar-refractivity contribution in [2.24, 2.45) is 10.1 Å². The van der Waals surface area contributed by atoms with Gasteiger partial charge in [0.25, 0.3) is 11.6 Å². The van der Waals surface area contributed by atoms with Crippen molar-refractivity contribution in [3.05, 3.63) is 62.5 Å². The van der Waals surface area contributed by atoms with E-state index in [-0.39, 0.29) is 17.1 Å². The van der Waals surface area contributed by atoms with Gasteiger partial charge < -0.3 is 4.57 Å². The lowest BCUT2D eigenvalue weighted by molar-refractivity contribution is -0.384. The molecule has 2 aliphatic rings. The van der Waals surface area contributed by atoms with E-state index in [0.717, 1.165) is 22.5 Å². The van der Waals surface area contributed by atoms with Crippen LogP contribution in [0.1, 0.15) is 29.4 Å². The Morgan fingerprint density at radius 3 is 2.63 bits per heavy atom. The number of hydrogen-bond acceptors (Lipinski definition) is 6. The van der Waals surface area contributed by atoms with Crippen molar-refractivity contribution in [2.45, 2.75) is 27.7 Å². The maximum Gasteiger partial charge on any atom is 0.283 e. The quantitative estimate of drug-likeness (QED) is 0.457. The number of carbonyl (C=O) groups is 1. The first kappa shape index (κ1) is 19.8. The summed E-state index contributed by atoms with van der Waals surface area (Å²) in [5, 5.41) is 26.3. The molecule has 0 saturated carbocycles. The number of hydrogen-bond donors (Lipinski definition) is 1. The van der Waals surface area contributed by atoms with Gasteiger partial charge in [-0.05, 0) is 62.7 Å². The van der Waals surface area contributed by atoms with Crippen molar-refractivity contribution in [3.63, 3.8) is 0 Å². The molecule has 0 spiro atoms. The molecule has 3 heterocycles. The Balaban J connectivity index is 1.81. The number of hydrazone groups is 1. The van der Waals surface area contributed by atoms with Crippen molar-refractivity contribution >= 4 is 45.5 Å². The highest BCUT2D eigenvalue weighted by Gasteiger charge is 2.34. The fourth-order valence-corrected chi connectivity index (χ4v) is 4.23. The van der Waals surface area contributed by atoms with Gasteiger partial charge in [0.1, 0.15) is 0 Å². The molecule has 1 amide bonds. The van der Waals surface area contributed by atoms with E-state index in [1.165, 1.54) is 28.9 Å². The lowest BCUT2D eigenvalue weighted by Gasteiger charge is -2.20. The third-order valence-electron chi connectivity index (χ3n) is 4.97. The fourth-order valence-electron chi connectivity index (χ4n) is 3.50. The largest absolute Gasteiger partial charge is 0.317 e. The van der Waals surface area contributed by atoms with Crippen molar-refractivity contribution in [1.82, 2.24) is 9.58 Å². The number of amidine groups is 2. The van der Waals surface area contributed by atoms with Gasteiger partial charge in [-0.25, -0.2) is 0 Å². The molecule has 0 radical (unpaired) electrons. The van der Waals surface area contributed by atoms with E-state index in [1.807, 2.05) is 31.4 Å². The third-order valence-corrected chi connectivity index (χ3v) is 5.79. The van der Waals surface area contributed by atoms with Gasteiger partial charge in [-0.2, -0.15) is 15.1 Å². The Hall–Kier alpha value is -3.53. The number of nitrogens with one attached hydrogen (secondary N) is 1. The summed E-state index contributed by atoms with van der Waals surface area (Å²) in [5.41, 5.74) is 4.13. The van der Waals surface area contributed by atoms with E-state index in [2.05, 4.69) is 10.1 Å². The number of aliphatic imine (C=N–C) groups is 1. The number of thioether (sulfide) groups is 1. The summed E-state index contributed by atoms with van der Waals surface area (Å²) in [6, 6.07) is 6.61. The number of carbonyl (C=O) groups excluding carboxylic acids is 1. The predicted molar refractivity (Wildman–Crippen MR) is 117 cm³/mol. The van der Waals surface area contributed by atoms with Gasteiger partial charge in [-0.15, -0.1) is 0 Å². The van der Waals surface area contributed by atoms with Crippen LogP contribution in [0.3, 0.4) is 0 Å². The second-order valence-electron chi connectivity index (χ2n) is 7.03. The molecule has 4 rings (SSSR count). The van der Waals surface area contributed by atoms with E-state index in [1.54, 1.807) is 19.1 Å². The van der Waals surface area contributed by atoms with Gasteiger partial charge in [0.05, 0.1) is 21.2 Å². The van der Waals surface area contributed by atoms with Crippen LogP contribution < -0.4 is 0 Å². The lowest BCUT2D eigenvalue weighted by atomic mass is 10.1. The van der Waals surface area contributed by atoms with Crippen molar-refractivity contribution in [1.29, 1.82) is 5.41 Å². The number of nitrogens with zero attached hydrogens (tertiary/aromatic N) is 5. The zero-order chi connectivity index (χ0) is 21.7. The standard InChI is InChI=1S/C20H18N6O3S/c1-10-5-6-15(26(28)29)9-17(10)24-11(2)7-14(12(24)3)8-16-18(21)25-20(22-19(16)27)30-13(4)23-25/h5-9,21H,1-4H3/b16-8-,21-18?. The van der Waals surface area contributed by atoms with Crippen LogP contribution >= 0.6 is 11.8 Å². The normalized spacial score (nSPS) is 17.3. The zero-order valence-electron chi connectivity index (χ0n) is 16.8. The smallest absolute Gasteiger partial charge is 0.283 e. The van der Waals surface area contributed by atoms with E-state index in [4.69, 9.17) is 5.41 Å². The van der Waals surface area contributed by atoms with E-state index in [0.29, 0.717) is 15.9 Å². The number of amides is 1. The summed E-state index contributed by atoms with van der Waals surface area (Å²) in [4.78, 5) is 27.4. The average Bonchev–Trinajstić information content (AvgIpc) is 3.18. The molecule has 0 aliphatic carbocycles. The van der Waals surface area contributed by atoms with Crippen LogP contribution in [0.4, 0.5) is 5.69 Å². The monoisotopic (exact) mass is 422 g/mol. The molecule has 0 bridgehead atoms. The topological polar surface area (TPSA) is 117 Å². The molecular weight excluding hydrogens is 404 g/mol. The van der Waals surface area contributed by atoms with Crippen LogP contribution in [0.5, 0.6) is 0 Å². The molecule has 0 saturated heterocycles. The van der Waals surface area contributed by atoms with E-state index in [9.17, 15) is 14.9 Å². The molecule has 1 aromatic heterocycles. The average molecular weight is 422 g/mol. The predicted octanol–water partition coefficient (Wildman–Crippen LogP) is 3.95. The van der Waals surface area contributed by atoms with Crippen LogP contribution in [0.2, 0.25) is 0 Å². The zero-order valence-corrected chi connectivity index (χ0v) is 17.6. The van der Waals surface area contributed by atoms with E-state index < -0.39 is 10.8 Å². The number of aromatic nitrogens is 1. The van der Waals surface area contributed by atoms with E-state index >= 15 is 0 Å². The van der Waals surface area contributed by atoms with Crippen molar-refractivity contribution in [2.75, 3.05) is 0 Å². The molecule has 2 aliphatic heterocycles. The number of nitro benzene ring substituents is 1. The number of nitro groups is 1. The summed E-state index contributed by atoms with van der Waals surface area (Å²) in [6.07, 6.45) is 1.63. The highest BCUT2D eigenvalue weighted by Crippen LogP contribution is 2.31. The molecule has 1 N–H and O–H groups in total. The highest BCUT2D eigenvalue weighted by atomic mass is 32.2. The van der Waals surface area contributed by atoms with Crippen LogP contribution in [-0.2, 0) is 4.79 Å². The van der Waals surface area contributed by atoms with Crippen LogP contribution in [0.25, 0.3) is 11.8 Å².